The number of sulfonamides is 1. The SMILES string of the molecule is Cc1ccc(S(=O)(=O)N[C@H](Cc2ccccc2)C(=O)Nc2ccc([C@@H]3O[C@H](CN(Cc4ccccc4)Cc4ccccc4)C[C@H](c4ccc(CO)cc4)O3)cc2)cc1. The molecule has 6 aromatic carbocycles. The van der Waals surface area contributed by atoms with Crippen molar-refractivity contribution >= 4 is 21.6 Å². The van der Waals surface area contributed by atoms with Crippen LogP contribution in [-0.4, -0.2) is 43.0 Å². The minimum absolute atomic E-state index is 0.0391. The van der Waals surface area contributed by atoms with Crippen molar-refractivity contribution in [3.8, 4) is 0 Å². The molecule has 4 atom stereocenters. The number of carbonyl (C=O) groups excluding carboxylic acids is 1. The van der Waals surface area contributed by atoms with Crippen LogP contribution in [0.5, 0.6) is 0 Å². The van der Waals surface area contributed by atoms with Crippen molar-refractivity contribution in [3.63, 3.8) is 0 Å². The van der Waals surface area contributed by atoms with Gasteiger partial charge in [0.2, 0.25) is 15.9 Å². The first kappa shape index (κ1) is 40.7. The lowest BCUT2D eigenvalue weighted by Crippen LogP contribution is -2.45. The van der Waals surface area contributed by atoms with Crippen LogP contribution in [0.15, 0.2) is 169 Å². The van der Waals surface area contributed by atoms with Crippen LogP contribution in [0.3, 0.4) is 0 Å². The third kappa shape index (κ3) is 11.1. The summed E-state index contributed by atoms with van der Waals surface area (Å²) in [5.74, 6) is -0.485. The fourth-order valence-electron chi connectivity index (χ4n) is 7.15. The van der Waals surface area contributed by atoms with Gasteiger partial charge in [0, 0.05) is 37.3 Å². The van der Waals surface area contributed by atoms with Gasteiger partial charge in [-0.15, -0.1) is 0 Å². The largest absolute Gasteiger partial charge is 0.392 e. The molecule has 1 amide bonds. The number of nitrogens with zero attached hydrogens (tertiary/aromatic N) is 1. The fraction of sp³-hybridized carbons (Fsp3) is 0.229. The molecular weight excluding hydrogens is 747 g/mol. The highest BCUT2D eigenvalue weighted by atomic mass is 32.2. The van der Waals surface area contributed by atoms with Gasteiger partial charge >= 0.3 is 0 Å². The van der Waals surface area contributed by atoms with Gasteiger partial charge in [-0.1, -0.05) is 145 Å². The lowest BCUT2D eigenvalue weighted by Gasteiger charge is -2.38. The van der Waals surface area contributed by atoms with E-state index in [0.29, 0.717) is 18.7 Å². The quantitative estimate of drug-likeness (QED) is 0.0904. The van der Waals surface area contributed by atoms with Crippen LogP contribution in [0.4, 0.5) is 5.69 Å². The molecular formula is C48H49N3O6S. The van der Waals surface area contributed by atoms with Crippen molar-refractivity contribution in [3.05, 3.63) is 203 Å². The molecule has 1 fully saturated rings. The predicted octanol–water partition coefficient (Wildman–Crippen LogP) is 8.26. The maximum Gasteiger partial charge on any atom is 0.242 e. The zero-order valence-electron chi connectivity index (χ0n) is 32.5. The third-order valence-corrected chi connectivity index (χ3v) is 11.7. The van der Waals surface area contributed by atoms with Gasteiger partial charge in [-0.3, -0.25) is 9.69 Å². The Morgan fingerprint density at radius 2 is 1.24 bits per heavy atom. The molecule has 0 spiro atoms. The highest BCUT2D eigenvalue weighted by molar-refractivity contribution is 7.89. The van der Waals surface area contributed by atoms with E-state index in [0.717, 1.165) is 40.9 Å². The van der Waals surface area contributed by atoms with Gasteiger partial charge in [0.1, 0.15) is 6.04 Å². The number of aliphatic hydroxyl groups is 1. The molecule has 58 heavy (non-hydrogen) atoms. The summed E-state index contributed by atoms with van der Waals surface area (Å²) in [6.07, 6.45) is -0.370. The molecule has 9 nitrogen and oxygen atoms in total. The number of anilines is 1. The van der Waals surface area contributed by atoms with Gasteiger partial charge in [-0.25, -0.2) is 8.42 Å². The van der Waals surface area contributed by atoms with Crippen LogP contribution in [0.2, 0.25) is 0 Å². The summed E-state index contributed by atoms with van der Waals surface area (Å²) in [4.78, 5) is 16.3. The van der Waals surface area contributed by atoms with Crippen LogP contribution in [0, 0.1) is 6.92 Å². The molecule has 1 heterocycles. The van der Waals surface area contributed by atoms with E-state index < -0.39 is 28.3 Å². The van der Waals surface area contributed by atoms with E-state index in [1.807, 2.05) is 85.8 Å². The van der Waals surface area contributed by atoms with Gasteiger partial charge in [-0.05, 0) is 65.4 Å². The molecule has 1 aliphatic heterocycles. The molecule has 1 saturated heterocycles. The van der Waals surface area contributed by atoms with E-state index in [1.165, 1.54) is 23.3 Å². The summed E-state index contributed by atoms with van der Waals surface area (Å²) < 4.78 is 42.9. The minimum Gasteiger partial charge on any atom is -0.392 e. The third-order valence-electron chi connectivity index (χ3n) is 10.3. The predicted molar refractivity (Wildman–Crippen MR) is 226 cm³/mol. The number of hydrogen-bond acceptors (Lipinski definition) is 7. The first-order valence-corrected chi connectivity index (χ1v) is 21.0. The van der Waals surface area contributed by atoms with E-state index in [9.17, 15) is 18.3 Å². The first-order valence-electron chi connectivity index (χ1n) is 19.6. The maximum atomic E-state index is 13.8. The summed E-state index contributed by atoms with van der Waals surface area (Å²) in [5, 5.41) is 12.6. The number of aryl methyl sites for hydroxylation is 1. The molecule has 0 saturated carbocycles. The van der Waals surface area contributed by atoms with Crippen molar-refractivity contribution in [2.24, 2.45) is 0 Å². The second-order valence-electron chi connectivity index (χ2n) is 14.8. The Labute approximate surface area is 341 Å². The fourth-order valence-corrected chi connectivity index (χ4v) is 8.35. The number of benzene rings is 6. The number of rotatable bonds is 16. The van der Waals surface area contributed by atoms with Gasteiger partial charge < -0.3 is 19.9 Å². The van der Waals surface area contributed by atoms with Crippen LogP contribution in [0.1, 0.15) is 57.8 Å². The van der Waals surface area contributed by atoms with E-state index in [2.05, 4.69) is 63.5 Å². The average Bonchev–Trinajstić information content (AvgIpc) is 3.25. The highest BCUT2D eigenvalue weighted by Gasteiger charge is 2.34. The molecule has 0 aromatic heterocycles. The lowest BCUT2D eigenvalue weighted by molar-refractivity contribution is -0.253. The molecule has 0 bridgehead atoms. The van der Waals surface area contributed by atoms with E-state index in [-0.39, 0.29) is 30.1 Å². The van der Waals surface area contributed by atoms with E-state index in [4.69, 9.17) is 9.47 Å². The summed E-state index contributed by atoms with van der Waals surface area (Å²) in [6, 6.07) is 50.7. The van der Waals surface area contributed by atoms with Crippen molar-refractivity contribution in [1.29, 1.82) is 0 Å². The number of carbonyl (C=O) groups is 1. The molecule has 0 radical (unpaired) electrons. The van der Waals surface area contributed by atoms with Crippen LogP contribution in [0.25, 0.3) is 0 Å². The molecule has 0 unspecified atom stereocenters. The average molecular weight is 796 g/mol. The van der Waals surface area contributed by atoms with Crippen LogP contribution < -0.4 is 10.0 Å². The zero-order chi connectivity index (χ0) is 40.3. The highest BCUT2D eigenvalue weighted by Crippen LogP contribution is 2.38. The Hall–Kier alpha value is -5.46. The molecule has 298 valence electrons. The number of nitrogens with one attached hydrogen (secondary N) is 2. The normalized spacial score (nSPS) is 17.5. The van der Waals surface area contributed by atoms with Gasteiger partial charge in [0.05, 0.1) is 23.7 Å². The minimum atomic E-state index is -4.00. The van der Waals surface area contributed by atoms with Gasteiger partial charge in [0.15, 0.2) is 6.29 Å². The Balaban J connectivity index is 1.10. The van der Waals surface area contributed by atoms with Crippen LogP contribution in [-0.2, 0) is 50.4 Å². The van der Waals surface area contributed by atoms with Crippen LogP contribution >= 0.6 is 0 Å². The van der Waals surface area contributed by atoms with Crippen molar-refractivity contribution in [2.45, 2.75) is 68.9 Å². The van der Waals surface area contributed by atoms with Crippen molar-refractivity contribution < 1.29 is 27.8 Å². The standard InChI is InChI=1S/C48H49N3O6S/c1-35-17-27-44(28-18-35)58(54,55)50-45(29-36-11-5-2-6-12-36)47(53)49-42-25-23-41(24-26-42)48-56-43(30-46(57-48)40-21-19-39(34-52)20-22-40)33-51(31-37-13-7-3-8-14-37)32-38-15-9-4-10-16-38/h2-28,43,45-46,48,50,52H,29-34H2,1H3,(H,49,53)/t43-,45+,46+,48+/m0/s1. The Bertz CT molecular complexity index is 2270. The number of hydrogen-bond donors (Lipinski definition) is 3. The monoisotopic (exact) mass is 795 g/mol. The summed E-state index contributed by atoms with van der Waals surface area (Å²) in [7, 11) is -4.00. The summed E-state index contributed by atoms with van der Waals surface area (Å²) in [6.45, 7) is 4.00. The molecule has 6 aromatic rings. The molecule has 0 aliphatic carbocycles. The zero-order valence-corrected chi connectivity index (χ0v) is 33.3. The Morgan fingerprint density at radius 1 is 0.690 bits per heavy atom. The smallest absolute Gasteiger partial charge is 0.242 e. The molecule has 10 heteroatoms. The summed E-state index contributed by atoms with van der Waals surface area (Å²) in [5.41, 5.74) is 7.27. The first-order chi connectivity index (χ1) is 28.2. The van der Waals surface area contributed by atoms with Crippen molar-refractivity contribution in [2.75, 3.05) is 11.9 Å². The lowest BCUT2D eigenvalue weighted by atomic mass is 9.99. The number of ether oxygens (including phenoxy) is 2. The topological polar surface area (TPSA) is 117 Å². The number of amides is 1. The summed E-state index contributed by atoms with van der Waals surface area (Å²) >= 11 is 0. The number of aliphatic hydroxyl groups excluding tert-OH is 1. The molecule has 3 N–H and O–H groups in total. The van der Waals surface area contributed by atoms with Crippen molar-refractivity contribution in [1.82, 2.24) is 9.62 Å². The molecule has 7 rings (SSSR count). The Kier molecular flexibility index (Phi) is 13.6. The van der Waals surface area contributed by atoms with Gasteiger partial charge in [-0.2, -0.15) is 4.72 Å². The second kappa shape index (κ2) is 19.3. The Morgan fingerprint density at radius 3 is 1.81 bits per heavy atom. The molecule has 1 aliphatic rings. The second-order valence-corrected chi connectivity index (χ2v) is 16.5. The van der Waals surface area contributed by atoms with E-state index >= 15 is 0 Å². The van der Waals surface area contributed by atoms with E-state index in [1.54, 1.807) is 24.3 Å². The maximum absolute atomic E-state index is 13.8. The van der Waals surface area contributed by atoms with Gasteiger partial charge in [0.25, 0.3) is 0 Å².